The van der Waals surface area contributed by atoms with Gasteiger partial charge in [0.2, 0.25) is 0 Å². The third-order valence-corrected chi connectivity index (χ3v) is 3.00. The molecule has 3 nitrogen and oxygen atoms in total. The lowest BCUT2D eigenvalue weighted by atomic mass is 10.0. The molecule has 0 saturated carbocycles. The van der Waals surface area contributed by atoms with Crippen molar-refractivity contribution in [2.75, 3.05) is 6.61 Å². The Balaban J connectivity index is 2.54. The Bertz CT molecular complexity index is 318. The summed E-state index contributed by atoms with van der Waals surface area (Å²) in [4.78, 5) is 0. The molecule has 1 unspecified atom stereocenters. The lowest BCUT2D eigenvalue weighted by Gasteiger charge is -2.19. The van der Waals surface area contributed by atoms with E-state index in [2.05, 4.69) is 26.0 Å². The standard InChI is InChI=1S/C15H24O3/c1-3-13(11-12(2)9-10-16)7-8-14-5-4-6-15(17)18-14/h4,6-8,11-12,14-17H,3,5,9-10H2,1-2H3/b8-7+,13-11-/t12-,14+,15?/m0/s1. The van der Waals surface area contributed by atoms with Crippen molar-refractivity contribution in [2.45, 2.75) is 45.5 Å². The summed E-state index contributed by atoms with van der Waals surface area (Å²) in [6, 6.07) is 0. The van der Waals surface area contributed by atoms with Gasteiger partial charge in [0.1, 0.15) is 0 Å². The first kappa shape index (κ1) is 15.2. The molecule has 2 N–H and O–H groups in total. The maximum Gasteiger partial charge on any atom is 0.174 e. The topological polar surface area (TPSA) is 49.7 Å². The van der Waals surface area contributed by atoms with Crippen LogP contribution in [0, 0.1) is 5.92 Å². The van der Waals surface area contributed by atoms with Crippen LogP contribution in [0.4, 0.5) is 0 Å². The maximum absolute atomic E-state index is 9.33. The molecule has 0 spiro atoms. The van der Waals surface area contributed by atoms with Crippen LogP contribution in [0.1, 0.15) is 33.1 Å². The van der Waals surface area contributed by atoms with Crippen molar-refractivity contribution >= 4 is 0 Å². The van der Waals surface area contributed by atoms with Gasteiger partial charge in [-0.3, -0.25) is 0 Å². The first-order chi connectivity index (χ1) is 8.65. The Hall–Kier alpha value is -0.900. The van der Waals surface area contributed by atoms with Gasteiger partial charge in [-0.1, -0.05) is 43.7 Å². The monoisotopic (exact) mass is 252 g/mol. The highest BCUT2D eigenvalue weighted by atomic mass is 16.6. The van der Waals surface area contributed by atoms with E-state index in [9.17, 15) is 5.11 Å². The zero-order valence-electron chi connectivity index (χ0n) is 11.2. The predicted molar refractivity (Wildman–Crippen MR) is 73.0 cm³/mol. The average Bonchev–Trinajstić information content (AvgIpc) is 2.35. The highest BCUT2D eigenvalue weighted by Crippen LogP contribution is 2.15. The summed E-state index contributed by atoms with van der Waals surface area (Å²) in [5.74, 6) is 0.382. The largest absolute Gasteiger partial charge is 0.396 e. The molecule has 0 aliphatic carbocycles. The number of hydrogen-bond donors (Lipinski definition) is 2. The van der Waals surface area contributed by atoms with Crippen LogP contribution >= 0.6 is 0 Å². The van der Waals surface area contributed by atoms with Crippen LogP contribution in [-0.4, -0.2) is 29.2 Å². The summed E-state index contributed by atoms with van der Waals surface area (Å²) in [5.41, 5.74) is 1.24. The minimum atomic E-state index is -0.782. The van der Waals surface area contributed by atoms with Gasteiger partial charge in [0, 0.05) is 6.61 Å². The third kappa shape index (κ3) is 5.63. The Kier molecular flexibility index (Phi) is 6.94. The van der Waals surface area contributed by atoms with Crippen molar-refractivity contribution in [3.63, 3.8) is 0 Å². The molecule has 18 heavy (non-hydrogen) atoms. The Morgan fingerprint density at radius 2 is 2.33 bits per heavy atom. The summed E-state index contributed by atoms with van der Waals surface area (Å²) in [6.07, 6.45) is 11.5. The van der Waals surface area contributed by atoms with Crippen LogP contribution in [0.25, 0.3) is 0 Å². The minimum absolute atomic E-state index is 0.0481. The molecular weight excluding hydrogens is 228 g/mol. The second kappa shape index (κ2) is 8.25. The average molecular weight is 252 g/mol. The summed E-state index contributed by atoms with van der Waals surface area (Å²) in [5, 5.41) is 18.2. The van der Waals surface area contributed by atoms with Crippen molar-refractivity contribution in [1.29, 1.82) is 0 Å². The van der Waals surface area contributed by atoms with Gasteiger partial charge in [-0.15, -0.1) is 0 Å². The van der Waals surface area contributed by atoms with Crippen LogP contribution in [0.5, 0.6) is 0 Å². The zero-order chi connectivity index (χ0) is 13.4. The molecule has 0 bridgehead atoms. The van der Waals surface area contributed by atoms with Crippen LogP contribution in [0.15, 0.2) is 36.0 Å². The molecule has 0 fully saturated rings. The van der Waals surface area contributed by atoms with Crippen LogP contribution in [-0.2, 0) is 4.74 Å². The van der Waals surface area contributed by atoms with Gasteiger partial charge in [-0.2, -0.15) is 0 Å². The van der Waals surface area contributed by atoms with E-state index in [0.717, 1.165) is 19.3 Å². The molecule has 0 amide bonds. The molecule has 0 aromatic heterocycles. The second-order valence-corrected chi connectivity index (χ2v) is 4.67. The van der Waals surface area contributed by atoms with Crippen molar-refractivity contribution in [3.05, 3.63) is 36.0 Å². The van der Waals surface area contributed by atoms with E-state index in [1.165, 1.54) is 5.57 Å². The van der Waals surface area contributed by atoms with E-state index in [-0.39, 0.29) is 12.7 Å². The van der Waals surface area contributed by atoms with Crippen LogP contribution < -0.4 is 0 Å². The lowest BCUT2D eigenvalue weighted by Crippen LogP contribution is -2.21. The number of hydrogen-bond acceptors (Lipinski definition) is 3. The molecule has 0 aromatic carbocycles. The number of allylic oxidation sites excluding steroid dienone is 3. The number of aliphatic hydroxyl groups excluding tert-OH is 2. The van der Waals surface area contributed by atoms with Crippen LogP contribution in [0.3, 0.4) is 0 Å². The minimum Gasteiger partial charge on any atom is -0.396 e. The molecular formula is C15H24O3. The van der Waals surface area contributed by atoms with E-state index in [1.54, 1.807) is 6.08 Å². The molecule has 102 valence electrons. The third-order valence-electron chi connectivity index (χ3n) is 3.00. The summed E-state index contributed by atoms with van der Waals surface area (Å²) in [7, 11) is 0. The van der Waals surface area contributed by atoms with E-state index in [0.29, 0.717) is 5.92 Å². The predicted octanol–water partition coefficient (Wildman–Crippen LogP) is 2.56. The first-order valence-corrected chi connectivity index (χ1v) is 6.65. The molecule has 3 heteroatoms. The first-order valence-electron chi connectivity index (χ1n) is 6.65. The molecule has 0 aromatic rings. The van der Waals surface area contributed by atoms with E-state index in [1.807, 2.05) is 12.2 Å². The molecule has 0 radical (unpaired) electrons. The highest BCUT2D eigenvalue weighted by Gasteiger charge is 2.12. The second-order valence-electron chi connectivity index (χ2n) is 4.67. The Morgan fingerprint density at radius 3 is 2.94 bits per heavy atom. The zero-order valence-corrected chi connectivity index (χ0v) is 11.2. The fourth-order valence-corrected chi connectivity index (χ4v) is 1.91. The molecule has 0 saturated heterocycles. The fraction of sp³-hybridized carbons (Fsp3) is 0.600. The van der Waals surface area contributed by atoms with Crippen molar-refractivity contribution < 1.29 is 14.9 Å². The molecule has 3 atom stereocenters. The Labute approximate surface area is 109 Å². The Morgan fingerprint density at radius 1 is 1.56 bits per heavy atom. The molecule has 1 rings (SSSR count). The van der Waals surface area contributed by atoms with Gasteiger partial charge in [-0.05, 0) is 31.3 Å². The molecule has 1 aliphatic rings. The van der Waals surface area contributed by atoms with Gasteiger partial charge < -0.3 is 14.9 Å². The normalized spacial score (nSPS) is 26.8. The number of aliphatic hydroxyl groups is 2. The summed E-state index contributed by atoms with van der Waals surface area (Å²) < 4.78 is 5.35. The van der Waals surface area contributed by atoms with Crippen molar-refractivity contribution in [1.82, 2.24) is 0 Å². The smallest absolute Gasteiger partial charge is 0.174 e. The van der Waals surface area contributed by atoms with Gasteiger partial charge >= 0.3 is 0 Å². The van der Waals surface area contributed by atoms with Gasteiger partial charge in [0.25, 0.3) is 0 Å². The van der Waals surface area contributed by atoms with E-state index in [4.69, 9.17) is 9.84 Å². The molecule has 1 heterocycles. The van der Waals surface area contributed by atoms with E-state index >= 15 is 0 Å². The van der Waals surface area contributed by atoms with E-state index < -0.39 is 6.29 Å². The van der Waals surface area contributed by atoms with Gasteiger partial charge in [0.15, 0.2) is 6.29 Å². The molecule has 1 aliphatic heterocycles. The SMILES string of the molecule is CCC(=C/[C@@H](C)CCO)/C=C/[C@H]1CC=CC(O)O1. The summed E-state index contributed by atoms with van der Waals surface area (Å²) in [6.45, 7) is 4.43. The summed E-state index contributed by atoms with van der Waals surface area (Å²) >= 11 is 0. The van der Waals surface area contributed by atoms with Gasteiger partial charge in [-0.25, -0.2) is 0 Å². The number of ether oxygens (including phenoxy) is 1. The maximum atomic E-state index is 9.33. The highest BCUT2D eigenvalue weighted by molar-refractivity contribution is 5.20. The van der Waals surface area contributed by atoms with Gasteiger partial charge in [0.05, 0.1) is 6.10 Å². The quantitative estimate of drug-likeness (QED) is 0.564. The fourth-order valence-electron chi connectivity index (χ4n) is 1.91. The van der Waals surface area contributed by atoms with Crippen molar-refractivity contribution in [3.8, 4) is 0 Å². The van der Waals surface area contributed by atoms with Crippen molar-refractivity contribution in [2.24, 2.45) is 5.92 Å². The van der Waals surface area contributed by atoms with Crippen LogP contribution in [0.2, 0.25) is 0 Å². The lowest BCUT2D eigenvalue weighted by molar-refractivity contribution is -0.0948. The number of rotatable bonds is 6.